The molecule has 0 bridgehead atoms. The van der Waals surface area contributed by atoms with Crippen molar-refractivity contribution in [1.29, 1.82) is 0 Å². The Balaban J connectivity index is 1.93. The van der Waals surface area contributed by atoms with Gasteiger partial charge in [-0.15, -0.1) is 0 Å². The number of aliphatic hydroxyl groups excluding tert-OH is 1. The van der Waals surface area contributed by atoms with Gasteiger partial charge < -0.3 is 15.2 Å². The van der Waals surface area contributed by atoms with Crippen LogP contribution < -0.4 is 10.1 Å². The molecule has 2 N–H and O–H groups in total. The van der Waals surface area contributed by atoms with Crippen LogP contribution in [-0.2, 0) is 0 Å². The summed E-state index contributed by atoms with van der Waals surface area (Å²) in [7, 11) is 0. The summed E-state index contributed by atoms with van der Waals surface area (Å²) in [5, 5.41) is 12.7. The number of hydrogen-bond donors (Lipinski definition) is 2. The van der Waals surface area contributed by atoms with Crippen LogP contribution in [0.2, 0.25) is 0 Å². The fourth-order valence-electron chi connectivity index (χ4n) is 2.20. The summed E-state index contributed by atoms with van der Waals surface area (Å²) in [6, 6.07) is 8.35. The summed E-state index contributed by atoms with van der Waals surface area (Å²) >= 11 is 0. The van der Waals surface area contributed by atoms with E-state index in [2.05, 4.69) is 25.2 Å². The number of aliphatic hydroxyl groups is 1. The van der Waals surface area contributed by atoms with E-state index in [1.165, 1.54) is 5.56 Å². The van der Waals surface area contributed by atoms with Crippen molar-refractivity contribution in [3.05, 3.63) is 29.8 Å². The first kappa shape index (κ1) is 12.4. The van der Waals surface area contributed by atoms with Gasteiger partial charge in [-0.05, 0) is 12.0 Å². The van der Waals surface area contributed by atoms with Gasteiger partial charge in [-0.25, -0.2) is 0 Å². The standard InChI is InChI=1S/C14H21NO2/c1-10(2)13(8-16)15-7-11-9-17-14-6-4-3-5-12(11)14/h3-6,10-11,13,15-16H,7-9H2,1-2H3/t11?,13-/m1/s1. The Bertz CT molecular complexity index is 365. The first-order valence-electron chi connectivity index (χ1n) is 6.28. The average Bonchev–Trinajstić information content (AvgIpc) is 2.73. The Morgan fingerprint density at radius 3 is 2.88 bits per heavy atom. The molecule has 0 amide bonds. The number of hydrogen-bond acceptors (Lipinski definition) is 3. The zero-order valence-corrected chi connectivity index (χ0v) is 10.5. The second kappa shape index (κ2) is 5.52. The number of benzene rings is 1. The van der Waals surface area contributed by atoms with Crippen LogP contribution in [0.15, 0.2) is 24.3 Å². The fourth-order valence-corrected chi connectivity index (χ4v) is 2.20. The molecule has 1 aliphatic rings. The molecule has 1 aromatic rings. The van der Waals surface area contributed by atoms with Gasteiger partial charge >= 0.3 is 0 Å². The van der Waals surface area contributed by atoms with Crippen molar-refractivity contribution in [2.75, 3.05) is 19.8 Å². The van der Waals surface area contributed by atoms with Crippen LogP contribution in [0.5, 0.6) is 5.75 Å². The van der Waals surface area contributed by atoms with Gasteiger partial charge in [-0.2, -0.15) is 0 Å². The molecule has 17 heavy (non-hydrogen) atoms. The van der Waals surface area contributed by atoms with E-state index in [1.807, 2.05) is 18.2 Å². The first-order chi connectivity index (χ1) is 8.22. The second-order valence-electron chi connectivity index (χ2n) is 4.99. The van der Waals surface area contributed by atoms with Crippen molar-refractivity contribution in [1.82, 2.24) is 5.32 Å². The van der Waals surface area contributed by atoms with Crippen LogP contribution in [0.25, 0.3) is 0 Å². The maximum absolute atomic E-state index is 9.27. The molecule has 0 aliphatic carbocycles. The molecule has 0 fully saturated rings. The smallest absolute Gasteiger partial charge is 0.122 e. The van der Waals surface area contributed by atoms with Crippen LogP contribution in [0, 0.1) is 5.92 Å². The highest BCUT2D eigenvalue weighted by molar-refractivity contribution is 5.39. The summed E-state index contributed by atoms with van der Waals surface area (Å²) < 4.78 is 5.63. The summed E-state index contributed by atoms with van der Waals surface area (Å²) in [4.78, 5) is 0. The predicted octanol–water partition coefficient (Wildman–Crippen LogP) is 1.77. The second-order valence-corrected chi connectivity index (χ2v) is 4.99. The van der Waals surface area contributed by atoms with Crippen molar-refractivity contribution in [3.63, 3.8) is 0 Å². The lowest BCUT2D eigenvalue weighted by Gasteiger charge is -2.21. The van der Waals surface area contributed by atoms with E-state index in [0.29, 0.717) is 11.8 Å². The highest BCUT2D eigenvalue weighted by Crippen LogP contribution is 2.32. The quantitative estimate of drug-likeness (QED) is 0.817. The maximum atomic E-state index is 9.27. The maximum Gasteiger partial charge on any atom is 0.122 e. The zero-order chi connectivity index (χ0) is 12.3. The molecular formula is C14H21NO2. The molecule has 0 spiro atoms. The van der Waals surface area contributed by atoms with Gasteiger partial charge in [-0.3, -0.25) is 0 Å². The lowest BCUT2D eigenvalue weighted by atomic mass is 9.99. The summed E-state index contributed by atoms with van der Waals surface area (Å²) in [6.45, 7) is 6.02. The van der Waals surface area contributed by atoms with Gasteiger partial charge in [0.1, 0.15) is 5.75 Å². The number of para-hydroxylation sites is 1. The normalized spacial score (nSPS) is 20.1. The third kappa shape index (κ3) is 2.79. The number of ether oxygens (including phenoxy) is 1. The van der Waals surface area contributed by atoms with Crippen LogP contribution in [0.4, 0.5) is 0 Å². The van der Waals surface area contributed by atoms with Gasteiger partial charge in [0.15, 0.2) is 0 Å². The van der Waals surface area contributed by atoms with Gasteiger partial charge in [0.25, 0.3) is 0 Å². The Labute approximate surface area is 103 Å². The fraction of sp³-hybridized carbons (Fsp3) is 0.571. The number of nitrogens with one attached hydrogen (secondary N) is 1. The SMILES string of the molecule is CC(C)[C@@H](CO)NCC1COc2ccccc21. The van der Waals surface area contributed by atoms with E-state index >= 15 is 0 Å². The van der Waals surface area contributed by atoms with Crippen molar-refractivity contribution in [2.24, 2.45) is 5.92 Å². The summed E-state index contributed by atoms with van der Waals surface area (Å²) in [6.07, 6.45) is 0. The molecule has 2 atom stereocenters. The first-order valence-corrected chi connectivity index (χ1v) is 6.28. The topological polar surface area (TPSA) is 41.5 Å². The number of rotatable bonds is 5. The van der Waals surface area contributed by atoms with Gasteiger partial charge in [-0.1, -0.05) is 32.0 Å². The summed E-state index contributed by atoms with van der Waals surface area (Å²) in [5.41, 5.74) is 1.28. The molecule has 1 aromatic carbocycles. The van der Waals surface area contributed by atoms with E-state index in [0.717, 1.165) is 18.9 Å². The molecule has 1 unspecified atom stereocenters. The van der Waals surface area contributed by atoms with Crippen LogP contribution >= 0.6 is 0 Å². The van der Waals surface area contributed by atoms with E-state index in [1.54, 1.807) is 0 Å². The van der Waals surface area contributed by atoms with E-state index in [-0.39, 0.29) is 12.6 Å². The highest BCUT2D eigenvalue weighted by atomic mass is 16.5. The average molecular weight is 235 g/mol. The van der Waals surface area contributed by atoms with Crippen molar-refractivity contribution in [3.8, 4) is 5.75 Å². The van der Waals surface area contributed by atoms with Gasteiger partial charge in [0.05, 0.1) is 13.2 Å². The minimum absolute atomic E-state index is 0.169. The third-order valence-electron chi connectivity index (χ3n) is 3.43. The number of fused-ring (bicyclic) bond motifs is 1. The molecule has 3 heteroatoms. The minimum Gasteiger partial charge on any atom is -0.493 e. The predicted molar refractivity (Wildman–Crippen MR) is 68.4 cm³/mol. The molecule has 0 radical (unpaired) electrons. The molecule has 1 aliphatic heterocycles. The largest absolute Gasteiger partial charge is 0.493 e. The van der Waals surface area contributed by atoms with Crippen LogP contribution in [-0.4, -0.2) is 30.9 Å². The van der Waals surface area contributed by atoms with E-state index in [9.17, 15) is 5.11 Å². The molecule has 0 saturated heterocycles. The van der Waals surface area contributed by atoms with Gasteiger partial charge in [0, 0.05) is 24.1 Å². The Kier molecular flexibility index (Phi) is 4.02. The molecule has 94 valence electrons. The molecule has 0 saturated carbocycles. The molecule has 3 nitrogen and oxygen atoms in total. The van der Waals surface area contributed by atoms with Crippen molar-refractivity contribution < 1.29 is 9.84 Å². The zero-order valence-electron chi connectivity index (χ0n) is 10.5. The van der Waals surface area contributed by atoms with E-state index in [4.69, 9.17) is 4.74 Å². The minimum atomic E-state index is 0.169. The third-order valence-corrected chi connectivity index (χ3v) is 3.43. The summed E-state index contributed by atoms with van der Waals surface area (Å²) in [5.74, 6) is 1.85. The van der Waals surface area contributed by atoms with Crippen LogP contribution in [0.3, 0.4) is 0 Å². The monoisotopic (exact) mass is 235 g/mol. The molecule has 1 heterocycles. The molecule has 2 rings (SSSR count). The highest BCUT2D eigenvalue weighted by Gasteiger charge is 2.24. The molecule has 0 aromatic heterocycles. The van der Waals surface area contributed by atoms with E-state index < -0.39 is 0 Å². The molecular weight excluding hydrogens is 214 g/mol. The lowest BCUT2D eigenvalue weighted by Crippen LogP contribution is -2.39. The van der Waals surface area contributed by atoms with Crippen molar-refractivity contribution >= 4 is 0 Å². The Morgan fingerprint density at radius 1 is 1.41 bits per heavy atom. The Morgan fingerprint density at radius 2 is 2.18 bits per heavy atom. The van der Waals surface area contributed by atoms with Gasteiger partial charge in [0.2, 0.25) is 0 Å². The lowest BCUT2D eigenvalue weighted by molar-refractivity contribution is 0.206. The Hall–Kier alpha value is -1.06. The van der Waals surface area contributed by atoms with Crippen LogP contribution in [0.1, 0.15) is 25.3 Å². The van der Waals surface area contributed by atoms with Crippen molar-refractivity contribution in [2.45, 2.75) is 25.8 Å².